The quantitative estimate of drug-likeness (QED) is 0.730. The first-order valence-corrected chi connectivity index (χ1v) is 8.06. The topological polar surface area (TPSA) is 18.5 Å². The largest absolute Gasteiger partial charge is 0.497 e. The molecule has 1 fully saturated rings. The highest BCUT2D eigenvalue weighted by molar-refractivity contribution is 5.29. The zero-order valence-electron chi connectivity index (χ0n) is 13.3. The van der Waals surface area contributed by atoms with E-state index >= 15 is 0 Å². The predicted molar refractivity (Wildman–Crippen MR) is 87.5 cm³/mol. The minimum absolute atomic E-state index is 0.728. The van der Waals surface area contributed by atoms with E-state index in [-0.39, 0.29) is 0 Å². The number of ether oxygens (including phenoxy) is 2. The first kappa shape index (κ1) is 16.1. The van der Waals surface area contributed by atoms with Crippen LogP contribution in [0.5, 0.6) is 5.75 Å². The van der Waals surface area contributed by atoms with Crippen molar-refractivity contribution < 1.29 is 9.47 Å². The van der Waals surface area contributed by atoms with E-state index in [1.165, 1.54) is 31.2 Å². The SMILES string of the molecule is CCC[C](C=CCc1ccc(OC)cc1)C1CCOCC1. The van der Waals surface area contributed by atoms with Gasteiger partial charge in [0, 0.05) is 19.1 Å². The molecule has 1 radical (unpaired) electrons. The number of rotatable bonds is 7. The van der Waals surface area contributed by atoms with Crippen LogP contribution in [0.1, 0.15) is 38.2 Å². The Hall–Kier alpha value is -1.28. The van der Waals surface area contributed by atoms with E-state index in [2.05, 4.69) is 31.2 Å². The first-order chi connectivity index (χ1) is 10.3. The molecule has 0 unspecified atom stereocenters. The van der Waals surface area contributed by atoms with Crippen LogP contribution >= 0.6 is 0 Å². The maximum Gasteiger partial charge on any atom is 0.118 e. The normalized spacial score (nSPS) is 16.7. The van der Waals surface area contributed by atoms with E-state index in [0.29, 0.717) is 0 Å². The van der Waals surface area contributed by atoms with Gasteiger partial charge in [0.1, 0.15) is 5.75 Å². The maximum absolute atomic E-state index is 5.47. The summed E-state index contributed by atoms with van der Waals surface area (Å²) in [5.74, 6) is 3.25. The molecule has 1 aliphatic heterocycles. The number of benzene rings is 1. The van der Waals surface area contributed by atoms with E-state index in [1.54, 1.807) is 13.0 Å². The van der Waals surface area contributed by atoms with Crippen molar-refractivity contribution in [2.75, 3.05) is 20.3 Å². The van der Waals surface area contributed by atoms with Crippen molar-refractivity contribution in [1.82, 2.24) is 0 Å². The van der Waals surface area contributed by atoms with E-state index < -0.39 is 0 Å². The Morgan fingerprint density at radius 3 is 2.57 bits per heavy atom. The Morgan fingerprint density at radius 1 is 1.24 bits per heavy atom. The molecule has 2 heteroatoms. The predicted octanol–water partition coefficient (Wildman–Crippen LogP) is 4.60. The molecule has 0 aromatic heterocycles. The van der Waals surface area contributed by atoms with Crippen LogP contribution in [0.2, 0.25) is 0 Å². The molecule has 0 aliphatic carbocycles. The summed E-state index contributed by atoms with van der Waals surface area (Å²) in [6, 6.07) is 8.32. The Morgan fingerprint density at radius 2 is 1.95 bits per heavy atom. The highest BCUT2D eigenvalue weighted by atomic mass is 16.5. The molecule has 1 saturated heterocycles. The third-order valence-corrected chi connectivity index (χ3v) is 4.13. The molecule has 1 aliphatic rings. The van der Waals surface area contributed by atoms with Gasteiger partial charge in [-0.2, -0.15) is 0 Å². The van der Waals surface area contributed by atoms with Crippen molar-refractivity contribution in [3.05, 3.63) is 47.9 Å². The lowest BCUT2D eigenvalue weighted by Crippen LogP contribution is -2.21. The van der Waals surface area contributed by atoms with Crippen LogP contribution in [-0.2, 0) is 11.2 Å². The Bertz CT molecular complexity index is 416. The monoisotopic (exact) mass is 287 g/mol. The minimum Gasteiger partial charge on any atom is -0.497 e. The second kappa shape index (κ2) is 8.89. The molecular formula is C19H27O2. The van der Waals surface area contributed by atoms with E-state index in [4.69, 9.17) is 9.47 Å². The molecule has 1 aromatic rings. The van der Waals surface area contributed by atoms with Crippen molar-refractivity contribution in [2.45, 2.75) is 39.0 Å². The summed E-state index contributed by atoms with van der Waals surface area (Å²) in [4.78, 5) is 0. The van der Waals surface area contributed by atoms with Gasteiger partial charge >= 0.3 is 0 Å². The highest BCUT2D eigenvalue weighted by Crippen LogP contribution is 2.30. The molecule has 2 rings (SSSR count). The molecule has 2 nitrogen and oxygen atoms in total. The Kier molecular flexibility index (Phi) is 6.81. The van der Waals surface area contributed by atoms with Gasteiger partial charge in [0.2, 0.25) is 0 Å². The smallest absolute Gasteiger partial charge is 0.118 e. The van der Waals surface area contributed by atoms with Crippen molar-refractivity contribution in [3.8, 4) is 5.75 Å². The van der Waals surface area contributed by atoms with Crippen LogP contribution in [0.3, 0.4) is 0 Å². The molecule has 115 valence electrons. The van der Waals surface area contributed by atoms with Crippen molar-refractivity contribution >= 4 is 0 Å². The summed E-state index contributed by atoms with van der Waals surface area (Å²) in [7, 11) is 1.70. The summed E-state index contributed by atoms with van der Waals surface area (Å²) < 4.78 is 10.7. The average Bonchev–Trinajstić information content (AvgIpc) is 2.55. The average molecular weight is 287 g/mol. The summed E-state index contributed by atoms with van der Waals surface area (Å²) in [6.45, 7) is 4.10. The van der Waals surface area contributed by atoms with Crippen LogP contribution in [0, 0.1) is 11.8 Å². The third-order valence-electron chi connectivity index (χ3n) is 4.13. The molecule has 1 heterocycles. The van der Waals surface area contributed by atoms with Crippen molar-refractivity contribution in [1.29, 1.82) is 0 Å². The highest BCUT2D eigenvalue weighted by Gasteiger charge is 2.21. The van der Waals surface area contributed by atoms with Crippen LogP contribution in [0.25, 0.3) is 0 Å². The van der Waals surface area contributed by atoms with Gasteiger partial charge in [0.25, 0.3) is 0 Å². The Balaban J connectivity index is 1.88. The molecule has 1 aromatic carbocycles. The van der Waals surface area contributed by atoms with E-state index in [9.17, 15) is 0 Å². The molecule has 0 amide bonds. The second-order valence-corrected chi connectivity index (χ2v) is 5.67. The number of hydrogen-bond donors (Lipinski definition) is 0. The molecule has 0 N–H and O–H groups in total. The van der Waals surface area contributed by atoms with Gasteiger partial charge in [-0.1, -0.05) is 37.6 Å². The lowest BCUT2D eigenvalue weighted by atomic mass is 9.83. The van der Waals surface area contributed by atoms with Gasteiger partial charge in [-0.25, -0.2) is 0 Å². The number of methoxy groups -OCH3 is 1. The Labute approximate surface area is 129 Å². The fourth-order valence-electron chi connectivity index (χ4n) is 2.89. The van der Waals surface area contributed by atoms with Crippen LogP contribution < -0.4 is 4.74 Å². The molecule has 0 bridgehead atoms. The summed E-state index contributed by atoms with van der Waals surface area (Å²) in [5.41, 5.74) is 1.33. The first-order valence-electron chi connectivity index (χ1n) is 8.06. The molecule has 21 heavy (non-hydrogen) atoms. The lowest BCUT2D eigenvalue weighted by Gasteiger charge is -2.27. The lowest BCUT2D eigenvalue weighted by molar-refractivity contribution is 0.0705. The van der Waals surface area contributed by atoms with Gasteiger partial charge in [-0.15, -0.1) is 0 Å². The van der Waals surface area contributed by atoms with Crippen LogP contribution in [0.15, 0.2) is 36.4 Å². The van der Waals surface area contributed by atoms with Crippen molar-refractivity contribution in [3.63, 3.8) is 0 Å². The number of allylic oxidation sites excluding steroid dienone is 2. The summed E-state index contributed by atoms with van der Waals surface area (Å²) in [6.07, 6.45) is 10.5. The third kappa shape index (κ3) is 5.20. The standard InChI is InChI=1S/C19H27O2/c1-3-5-17(18-12-14-21-15-13-18)7-4-6-16-8-10-19(20-2)11-9-16/h4,7-11,18H,3,5-6,12-15H2,1-2H3. The fourth-order valence-corrected chi connectivity index (χ4v) is 2.89. The van der Waals surface area contributed by atoms with Gasteiger partial charge in [-0.3, -0.25) is 0 Å². The van der Waals surface area contributed by atoms with Gasteiger partial charge in [-0.05, 0) is 49.3 Å². The van der Waals surface area contributed by atoms with Crippen LogP contribution in [-0.4, -0.2) is 20.3 Å². The minimum atomic E-state index is 0.728. The van der Waals surface area contributed by atoms with Gasteiger partial charge < -0.3 is 9.47 Å². The van der Waals surface area contributed by atoms with Gasteiger partial charge in [0.05, 0.1) is 7.11 Å². The number of hydrogen-bond acceptors (Lipinski definition) is 2. The zero-order valence-corrected chi connectivity index (χ0v) is 13.3. The summed E-state index contributed by atoms with van der Waals surface area (Å²) >= 11 is 0. The van der Waals surface area contributed by atoms with E-state index in [0.717, 1.165) is 31.3 Å². The maximum atomic E-state index is 5.47. The van der Waals surface area contributed by atoms with E-state index in [1.807, 2.05) is 12.1 Å². The fraction of sp³-hybridized carbons (Fsp3) is 0.526. The second-order valence-electron chi connectivity index (χ2n) is 5.67. The molecular weight excluding hydrogens is 260 g/mol. The molecule has 0 atom stereocenters. The van der Waals surface area contributed by atoms with Crippen molar-refractivity contribution in [2.24, 2.45) is 5.92 Å². The summed E-state index contributed by atoms with van der Waals surface area (Å²) in [5, 5.41) is 0. The molecule has 0 saturated carbocycles. The zero-order chi connectivity index (χ0) is 14.9. The molecule has 0 spiro atoms. The van der Waals surface area contributed by atoms with Crippen LogP contribution in [0.4, 0.5) is 0 Å². The van der Waals surface area contributed by atoms with Gasteiger partial charge in [0.15, 0.2) is 0 Å².